The largest absolute Gasteiger partial charge is 0.493 e. The Bertz CT molecular complexity index is 352. The molecular formula is C14H22BrNO. The Morgan fingerprint density at radius 3 is 2.65 bits per heavy atom. The van der Waals surface area contributed by atoms with Crippen molar-refractivity contribution in [1.29, 1.82) is 0 Å². The van der Waals surface area contributed by atoms with Gasteiger partial charge in [-0.05, 0) is 43.0 Å². The van der Waals surface area contributed by atoms with Gasteiger partial charge in [0.1, 0.15) is 5.75 Å². The Hall–Kier alpha value is -0.540. The molecule has 17 heavy (non-hydrogen) atoms. The van der Waals surface area contributed by atoms with E-state index in [1.165, 1.54) is 5.56 Å². The first kappa shape index (κ1) is 14.5. The Morgan fingerprint density at radius 2 is 2.06 bits per heavy atom. The number of hydrogen-bond acceptors (Lipinski definition) is 2. The molecule has 2 unspecified atom stereocenters. The smallest absolute Gasteiger partial charge is 0.119 e. The molecular weight excluding hydrogens is 278 g/mol. The van der Waals surface area contributed by atoms with Gasteiger partial charge < -0.3 is 10.5 Å². The lowest BCUT2D eigenvalue weighted by molar-refractivity contribution is 0.256. The first-order valence-corrected chi connectivity index (χ1v) is 6.99. The van der Waals surface area contributed by atoms with Crippen LogP contribution in [0.2, 0.25) is 0 Å². The third-order valence-corrected chi connectivity index (χ3v) is 3.56. The van der Waals surface area contributed by atoms with Gasteiger partial charge in [-0.3, -0.25) is 0 Å². The predicted octanol–water partition coefficient (Wildman–Crippen LogP) is 3.76. The van der Waals surface area contributed by atoms with E-state index in [1.54, 1.807) is 0 Å². The molecule has 0 bridgehead atoms. The van der Waals surface area contributed by atoms with Crippen LogP contribution in [0.25, 0.3) is 0 Å². The summed E-state index contributed by atoms with van der Waals surface area (Å²) in [6, 6.07) is 6.27. The Kier molecular flexibility index (Phi) is 6.00. The van der Waals surface area contributed by atoms with Gasteiger partial charge in [0.05, 0.1) is 6.61 Å². The molecule has 0 aliphatic rings. The fraction of sp³-hybridized carbons (Fsp3) is 0.571. The van der Waals surface area contributed by atoms with Crippen LogP contribution in [0.4, 0.5) is 0 Å². The summed E-state index contributed by atoms with van der Waals surface area (Å²) in [5, 5.41) is 0. The summed E-state index contributed by atoms with van der Waals surface area (Å²) in [5.74, 6) is 1.53. The van der Waals surface area contributed by atoms with Crippen LogP contribution in [-0.2, 0) is 6.42 Å². The molecule has 0 aliphatic heterocycles. The van der Waals surface area contributed by atoms with E-state index in [9.17, 15) is 0 Å². The van der Waals surface area contributed by atoms with Gasteiger partial charge in [0, 0.05) is 10.5 Å². The first-order valence-electron chi connectivity index (χ1n) is 6.19. The Morgan fingerprint density at radius 1 is 1.35 bits per heavy atom. The van der Waals surface area contributed by atoms with E-state index in [2.05, 4.69) is 35.8 Å². The highest BCUT2D eigenvalue weighted by Crippen LogP contribution is 2.24. The molecule has 0 fully saturated rings. The van der Waals surface area contributed by atoms with Gasteiger partial charge in [-0.2, -0.15) is 0 Å². The van der Waals surface area contributed by atoms with Gasteiger partial charge in [0.2, 0.25) is 0 Å². The lowest BCUT2D eigenvalue weighted by Gasteiger charge is -2.13. The maximum Gasteiger partial charge on any atom is 0.119 e. The third-order valence-electron chi connectivity index (χ3n) is 2.79. The monoisotopic (exact) mass is 299 g/mol. The van der Waals surface area contributed by atoms with E-state index >= 15 is 0 Å². The van der Waals surface area contributed by atoms with Crippen LogP contribution in [0.3, 0.4) is 0 Å². The Balaban J connectivity index is 2.67. The van der Waals surface area contributed by atoms with Crippen molar-refractivity contribution >= 4 is 15.9 Å². The summed E-state index contributed by atoms with van der Waals surface area (Å²) >= 11 is 3.54. The fourth-order valence-electron chi connectivity index (χ4n) is 1.50. The van der Waals surface area contributed by atoms with Gasteiger partial charge in [-0.15, -0.1) is 0 Å². The molecule has 0 aliphatic carbocycles. The first-order chi connectivity index (χ1) is 8.02. The van der Waals surface area contributed by atoms with Crippen molar-refractivity contribution in [3.8, 4) is 5.75 Å². The van der Waals surface area contributed by atoms with Crippen molar-refractivity contribution in [3.05, 3.63) is 28.2 Å². The van der Waals surface area contributed by atoms with E-state index in [1.807, 2.05) is 19.1 Å². The summed E-state index contributed by atoms with van der Waals surface area (Å²) in [6.07, 6.45) is 2.00. The van der Waals surface area contributed by atoms with Gasteiger partial charge >= 0.3 is 0 Å². The van der Waals surface area contributed by atoms with Gasteiger partial charge in [-0.25, -0.2) is 0 Å². The number of rotatable bonds is 6. The minimum Gasteiger partial charge on any atom is -0.493 e. The molecule has 1 aromatic carbocycles. The summed E-state index contributed by atoms with van der Waals surface area (Å²) in [6.45, 7) is 7.16. The lowest BCUT2D eigenvalue weighted by atomic mass is 10.1. The number of ether oxygens (including phenoxy) is 1. The molecule has 0 saturated heterocycles. The highest BCUT2D eigenvalue weighted by atomic mass is 79.9. The van der Waals surface area contributed by atoms with Crippen molar-refractivity contribution in [2.75, 3.05) is 6.61 Å². The molecule has 0 heterocycles. The molecule has 0 spiro atoms. The SMILES string of the molecule is CCC(C)COc1ccc(Br)c(CC(C)N)c1. The van der Waals surface area contributed by atoms with Gasteiger partial charge in [0.15, 0.2) is 0 Å². The summed E-state index contributed by atoms with van der Waals surface area (Å²) < 4.78 is 6.88. The van der Waals surface area contributed by atoms with Crippen LogP contribution >= 0.6 is 15.9 Å². The lowest BCUT2D eigenvalue weighted by Crippen LogP contribution is -2.18. The van der Waals surface area contributed by atoms with E-state index in [0.717, 1.165) is 29.7 Å². The second-order valence-electron chi connectivity index (χ2n) is 4.76. The number of halogens is 1. The zero-order valence-corrected chi connectivity index (χ0v) is 12.5. The summed E-state index contributed by atoms with van der Waals surface area (Å²) in [7, 11) is 0. The fourth-order valence-corrected chi connectivity index (χ4v) is 1.91. The normalized spacial score (nSPS) is 14.4. The van der Waals surface area contributed by atoms with Crippen molar-refractivity contribution in [1.82, 2.24) is 0 Å². The Labute approximate surface area is 113 Å². The molecule has 0 radical (unpaired) electrons. The highest BCUT2D eigenvalue weighted by Gasteiger charge is 2.06. The molecule has 2 nitrogen and oxygen atoms in total. The minimum absolute atomic E-state index is 0.163. The maximum absolute atomic E-state index is 5.83. The molecule has 3 heteroatoms. The third kappa shape index (κ3) is 5.09. The second-order valence-corrected chi connectivity index (χ2v) is 5.61. The molecule has 0 saturated carbocycles. The number of nitrogens with two attached hydrogens (primary N) is 1. The molecule has 1 aromatic rings. The molecule has 1 rings (SSSR count). The summed E-state index contributed by atoms with van der Waals surface area (Å²) in [5.41, 5.74) is 7.04. The maximum atomic E-state index is 5.83. The molecule has 0 amide bonds. The average Bonchev–Trinajstić information content (AvgIpc) is 2.29. The zero-order chi connectivity index (χ0) is 12.8. The number of hydrogen-bond donors (Lipinski definition) is 1. The van der Waals surface area contributed by atoms with Crippen LogP contribution in [0, 0.1) is 5.92 Å². The number of benzene rings is 1. The van der Waals surface area contributed by atoms with Crippen LogP contribution < -0.4 is 10.5 Å². The molecule has 2 atom stereocenters. The van der Waals surface area contributed by atoms with Crippen molar-refractivity contribution in [3.63, 3.8) is 0 Å². The van der Waals surface area contributed by atoms with Crippen LogP contribution in [0.5, 0.6) is 5.75 Å². The topological polar surface area (TPSA) is 35.2 Å². The van der Waals surface area contributed by atoms with E-state index in [-0.39, 0.29) is 6.04 Å². The van der Waals surface area contributed by atoms with Crippen LogP contribution in [-0.4, -0.2) is 12.6 Å². The molecule has 96 valence electrons. The minimum atomic E-state index is 0.163. The van der Waals surface area contributed by atoms with Crippen molar-refractivity contribution in [2.45, 2.75) is 39.7 Å². The average molecular weight is 300 g/mol. The zero-order valence-electron chi connectivity index (χ0n) is 10.9. The van der Waals surface area contributed by atoms with E-state index in [0.29, 0.717) is 5.92 Å². The predicted molar refractivity (Wildman–Crippen MR) is 76.4 cm³/mol. The second kappa shape index (κ2) is 7.02. The molecule has 2 N–H and O–H groups in total. The summed E-state index contributed by atoms with van der Waals surface area (Å²) in [4.78, 5) is 0. The van der Waals surface area contributed by atoms with Crippen LogP contribution in [0.15, 0.2) is 22.7 Å². The van der Waals surface area contributed by atoms with Gasteiger partial charge in [0.25, 0.3) is 0 Å². The van der Waals surface area contributed by atoms with Crippen molar-refractivity contribution in [2.24, 2.45) is 11.7 Å². The highest BCUT2D eigenvalue weighted by molar-refractivity contribution is 9.10. The quantitative estimate of drug-likeness (QED) is 0.868. The molecule has 0 aromatic heterocycles. The van der Waals surface area contributed by atoms with E-state index < -0.39 is 0 Å². The van der Waals surface area contributed by atoms with Crippen molar-refractivity contribution < 1.29 is 4.74 Å². The van der Waals surface area contributed by atoms with E-state index in [4.69, 9.17) is 10.5 Å². The standard InChI is InChI=1S/C14H22BrNO/c1-4-10(2)9-17-13-5-6-14(15)12(8-13)7-11(3)16/h5-6,8,10-11H,4,7,9,16H2,1-3H3. The van der Waals surface area contributed by atoms with Crippen LogP contribution in [0.1, 0.15) is 32.8 Å². The van der Waals surface area contributed by atoms with Gasteiger partial charge in [-0.1, -0.05) is 36.2 Å².